The third-order valence-corrected chi connectivity index (χ3v) is 2.36. The first-order chi connectivity index (χ1) is 7.75. The van der Waals surface area contributed by atoms with E-state index in [1.165, 1.54) is 6.33 Å². The summed E-state index contributed by atoms with van der Waals surface area (Å²) in [6.45, 7) is 0.640. The number of pyridine rings is 1. The van der Waals surface area contributed by atoms with E-state index >= 15 is 0 Å². The third-order valence-electron chi connectivity index (χ3n) is 1.92. The molecule has 16 heavy (non-hydrogen) atoms. The molecule has 2 rings (SSSR count). The lowest BCUT2D eigenvalue weighted by Gasteiger charge is -2.06. The van der Waals surface area contributed by atoms with E-state index in [9.17, 15) is 0 Å². The fourth-order valence-corrected chi connectivity index (χ4v) is 1.55. The standard InChI is InChI=1S/C9H10BrN5O/c10-6-3-7(11)9(13-4-6)12-2-1-8-14-5-15-16-8/h3-5H,1-2,11H2,(H,12,13). The Hall–Kier alpha value is -1.63. The van der Waals surface area contributed by atoms with Gasteiger partial charge in [0, 0.05) is 23.6 Å². The van der Waals surface area contributed by atoms with Crippen LogP contribution in [0, 0.1) is 0 Å². The fraction of sp³-hybridized carbons (Fsp3) is 0.222. The minimum atomic E-state index is 0.586. The molecule has 0 saturated heterocycles. The van der Waals surface area contributed by atoms with Gasteiger partial charge >= 0.3 is 0 Å². The summed E-state index contributed by atoms with van der Waals surface area (Å²) in [5.74, 6) is 1.24. The van der Waals surface area contributed by atoms with Crippen LogP contribution >= 0.6 is 15.9 Å². The maximum Gasteiger partial charge on any atom is 0.228 e. The number of halogens is 1. The van der Waals surface area contributed by atoms with E-state index < -0.39 is 0 Å². The van der Waals surface area contributed by atoms with Crippen molar-refractivity contribution in [3.63, 3.8) is 0 Å². The van der Waals surface area contributed by atoms with Crippen molar-refractivity contribution in [1.82, 2.24) is 15.1 Å². The van der Waals surface area contributed by atoms with Crippen molar-refractivity contribution < 1.29 is 4.52 Å². The molecule has 7 heteroatoms. The first-order valence-corrected chi connectivity index (χ1v) is 5.45. The van der Waals surface area contributed by atoms with Crippen LogP contribution in [-0.4, -0.2) is 21.7 Å². The van der Waals surface area contributed by atoms with Crippen LogP contribution in [0.1, 0.15) is 5.89 Å². The largest absolute Gasteiger partial charge is 0.396 e. The molecule has 0 atom stereocenters. The Morgan fingerprint density at radius 2 is 2.31 bits per heavy atom. The fourth-order valence-electron chi connectivity index (χ4n) is 1.20. The molecule has 0 bridgehead atoms. The van der Waals surface area contributed by atoms with Crippen LogP contribution in [0.15, 0.2) is 27.6 Å². The molecule has 0 amide bonds. The van der Waals surface area contributed by atoms with E-state index in [1.807, 2.05) is 0 Å². The second-order valence-electron chi connectivity index (χ2n) is 3.10. The van der Waals surface area contributed by atoms with Crippen molar-refractivity contribution in [3.8, 4) is 0 Å². The minimum absolute atomic E-state index is 0.586. The van der Waals surface area contributed by atoms with Gasteiger partial charge in [0.2, 0.25) is 5.89 Å². The first-order valence-electron chi connectivity index (χ1n) is 4.66. The number of nitrogens with two attached hydrogens (primary N) is 1. The SMILES string of the molecule is Nc1cc(Br)cnc1NCCc1ncno1. The van der Waals surface area contributed by atoms with Crippen LogP contribution < -0.4 is 11.1 Å². The van der Waals surface area contributed by atoms with Gasteiger partial charge in [0.05, 0.1) is 5.69 Å². The molecule has 0 saturated carbocycles. The van der Waals surface area contributed by atoms with Crippen molar-refractivity contribution in [3.05, 3.63) is 29.0 Å². The average molecular weight is 284 g/mol. The second kappa shape index (κ2) is 4.93. The first kappa shape index (κ1) is 10.9. The summed E-state index contributed by atoms with van der Waals surface area (Å²) in [5, 5.41) is 6.61. The molecular formula is C9H10BrN5O. The Balaban J connectivity index is 1.90. The zero-order valence-corrected chi connectivity index (χ0v) is 9.94. The number of nitrogens with zero attached hydrogens (tertiary/aromatic N) is 3. The van der Waals surface area contributed by atoms with E-state index in [0.29, 0.717) is 30.4 Å². The van der Waals surface area contributed by atoms with Gasteiger partial charge in [0.25, 0.3) is 0 Å². The molecule has 0 aromatic carbocycles. The zero-order chi connectivity index (χ0) is 11.4. The van der Waals surface area contributed by atoms with Gasteiger partial charge in [0.15, 0.2) is 6.33 Å². The van der Waals surface area contributed by atoms with Gasteiger partial charge in [-0.25, -0.2) is 4.98 Å². The Morgan fingerprint density at radius 3 is 3.00 bits per heavy atom. The molecule has 0 unspecified atom stereocenters. The van der Waals surface area contributed by atoms with Crippen LogP contribution in [0.2, 0.25) is 0 Å². The van der Waals surface area contributed by atoms with Crippen LogP contribution in [-0.2, 0) is 6.42 Å². The Morgan fingerprint density at radius 1 is 1.44 bits per heavy atom. The Bertz CT molecular complexity index is 459. The Kier molecular flexibility index (Phi) is 3.35. The van der Waals surface area contributed by atoms with E-state index in [0.717, 1.165) is 4.47 Å². The number of nitrogen functional groups attached to an aromatic ring is 1. The van der Waals surface area contributed by atoms with Crippen molar-refractivity contribution in [2.45, 2.75) is 6.42 Å². The molecule has 6 nitrogen and oxygen atoms in total. The van der Waals surface area contributed by atoms with Crippen molar-refractivity contribution in [2.75, 3.05) is 17.6 Å². The number of nitrogens with one attached hydrogen (secondary N) is 1. The van der Waals surface area contributed by atoms with Crippen LogP contribution in [0.25, 0.3) is 0 Å². The summed E-state index contributed by atoms with van der Waals surface area (Å²) in [6.07, 6.45) is 3.70. The second-order valence-corrected chi connectivity index (χ2v) is 4.02. The molecule has 2 aromatic heterocycles. The molecule has 0 fully saturated rings. The molecule has 0 aliphatic rings. The maximum atomic E-state index is 5.77. The van der Waals surface area contributed by atoms with Crippen molar-refractivity contribution in [1.29, 1.82) is 0 Å². The summed E-state index contributed by atoms with van der Waals surface area (Å²) < 4.78 is 5.71. The molecule has 2 aromatic rings. The molecule has 84 valence electrons. The lowest BCUT2D eigenvalue weighted by Crippen LogP contribution is -2.08. The van der Waals surface area contributed by atoms with Gasteiger partial charge in [-0.1, -0.05) is 5.16 Å². The van der Waals surface area contributed by atoms with Gasteiger partial charge in [-0.2, -0.15) is 4.98 Å². The number of anilines is 2. The molecule has 2 heterocycles. The highest BCUT2D eigenvalue weighted by atomic mass is 79.9. The summed E-state index contributed by atoms with van der Waals surface area (Å²) in [5.41, 5.74) is 6.37. The molecule has 3 N–H and O–H groups in total. The van der Waals surface area contributed by atoms with E-state index in [2.05, 4.69) is 36.4 Å². The topological polar surface area (TPSA) is 89.9 Å². The Labute approximate surface area is 100 Å². The highest BCUT2D eigenvalue weighted by Crippen LogP contribution is 2.19. The summed E-state index contributed by atoms with van der Waals surface area (Å²) in [4.78, 5) is 8.05. The molecule has 0 radical (unpaired) electrons. The predicted molar refractivity (Wildman–Crippen MR) is 62.8 cm³/mol. The maximum absolute atomic E-state index is 5.77. The van der Waals surface area contributed by atoms with E-state index in [1.54, 1.807) is 12.3 Å². The van der Waals surface area contributed by atoms with Crippen LogP contribution in [0.5, 0.6) is 0 Å². The molecule has 0 spiro atoms. The number of hydrogen-bond acceptors (Lipinski definition) is 6. The smallest absolute Gasteiger partial charge is 0.228 e. The highest BCUT2D eigenvalue weighted by Gasteiger charge is 2.02. The van der Waals surface area contributed by atoms with Gasteiger partial charge in [-0.05, 0) is 22.0 Å². The predicted octanol–water partition coefficient (Wildman–Crippen LogP) is 1.46. The van der Waals surface area contributed by atoms with Crippen molar-refractivity contribution >= 4 is 27.4 Å². The quantitative estimate of drug-likeness (QED) is 0.883. The van der Waals surface area contributed by atoms with E-state index in [-0.39, 0.29) is 0 Å². The van der Waals surface area contributed by atoms with Gasteiger partial charge in [-0.3, -0.25) is 0 Å². The van der Waals surface area contributed by atoms with Gasteiger partial charge < -0.3 is 15.6 Å². The number of rotatable bonds is 4. The lowest BCUT2D eigenvalue weighted by atomic mass is 10.3. The highest BCUT2D eigenvalue weighted by molar-refractivity contribution is 9.10. The molecular weight excluding hydrogens is 274 g/mol. The lowest BCUT2D eigenvalue weighted by molar-refractivity contribution is 0.379. The molecule has 0 aliphatic heterocycles. The number of hydrogen-bond donors (Lipinski definition) is 2. The zero-order valence-electron chi connectivity index (χ0n) is 8.35. The van der Waals surface area contributed by atoms with Gasteiger partial charge in [-0.15, -0.1) is 0 Å². The van der Waals surface area contributed by atoms with E-state index in [4.69, 9.17) is 10.3 Å². The summed E-state index contributed by atoms with van der Waals surface area (Å²) in [7, 11) is 0. The van der Waals surface area contributed by atoms with Crippen LogP contribution in [0.3, 0.4) is 0 Å². The third kappa shape index (κ3) is 2.69. The van der Waals surface area contributed by atoms with Crippen LogP contribution in [0.4, 0.5) is 11.5 Å². The monoisotopic (exact) mass is 283 g/mol. The van der Waals surface area contributed by atoms with Gasteiger partial charge in [0.1, 0.15) is 5.82 Å². The summed E-state index contributed by atoms with van der Waals surface area (Å²) >= 11 is 3.29. The minimum Gasteiger partial charge on any atom is -0.396 e. The summed E-state index contributed by atoms with van der Waals surface area (Å²) in [6, 6.07) is 1.79. The molecule has 0 aliphatic carbocycles. The van der Waals surface area contributed by atoms with Crippen molar-refractivity contribution in [2.24, 2.45) is 0 Å². The number of aromatic nitrogens is 3. The average Bonchev–Trinajstić information content (AvgIpc) is 2.74. The normalized spacial score (nSPS) is 10.3.